The summed E-state index contributed by atoms with van der Waals surface area (Å²) in [6.07, 6.45) is -0.409. The largest absolute Gasteiger partial charge is 0.483 e. The van der Waals surface area contributed by atoms with Crippen molar-refractivity contribution in [2.75, 3.05) is 12.9 Å². The fourth-order valence-corrected chi connectivity index (χ4v) is 3.92. The Bertz CT molecular complexity index is 1240. The van der Waals surface area contributed by atoms with E-state index in [0.29, 0.717) is 17.1 Å². The molecule has 0 saturated heterocycles. The van der Waals surface area contributed by atoms with Crippen LogP contribution in [0.25, 0.3) is 5.82 Å². The maximum absolute atomic E-state index is 13.5. The molecule has 1 unspecified atom stereocenters. The molecule has 0 bridgehead atoms. The molecule has 12 heteroatoms. The van der Waals surface area contributed by atoms with Crippen molar-refractivity contribution in [3.8, 4) is 11.6 Å². The van der Waals surface area contributed by atoms with Crippen molar-refractivity contribution in [2.24, 2.45) is 0 Å². The Hall–Kier alpha value is -3.28. The molecule has 1 atom stereocenters. The van der Waals surface area contributed by atoms with Gasteiger partial charge in [-0.15, -0.1) is 0 Å². The number of benzene rings is 1. The summed E-state index contributed by atoms with van der Waals surface area (Å²) in [4.78, 5) is 18.9. The molecule has 0 aliphatic carbocycles. The van der Waals surface area contributed by atoms with E-state index >= 15 is 0 Å². The second-order valence-electron chi connectivity index (χ2n) is 7.51. The van der Waals surface area contributed by atoms with Gasteiger partial charge in [-0.1, -0.05) is 0 Å². The van der Waals surface area contributed by atoms with Crippen molar-refractivity contribution in [2.45, 2.75) is 31.1 Å². The minimum absolute atomic E-state index is 0.110. The van der Waals surface area contributed by atoms with Crippen molar-refractivity contribution in [3.05, 3.63) is 64.9 Å². The van der Waals surface area contributed by atoms with Crippen LogP contribution in [0.4, 0.5) is 17.6 Å². The van der Waals surface area contributed by atoms with Gasteiger partial charge >= 0.3 is 6.18 Å². The average molecular weight is 482 g/mol. The molecule has 0 spiro atoms. The third-order valence-electron chi connectivity index (χ3n) is 5.04. The Morgan fingerprint density at radius 2 is 2.00 bits per heavy atom. The zero-order valence-corrected chi connectivity index (χ0v) is 18.3. The molecule has 0 radical (unpaired) electrons. The fourth-order valence-electron chi connectivity index (χ4n) is 3.37. The molecule has 1 aliphatic rings. The highest BCUT2D eigenvalue weighted by Crippen LogP contribution is 2.30. The van der Waals surface area contributed by atoms with Gasteiger partial charge < -0.3 is 9.64 Å². The summed E-state index contributed by atoms with van der Waals surface area (Å²) >= 11 is 0. The minimum Gasteiger partial charge on any atom is -0.483 e. The molecule has 3 aromatic rings. The average Bonchev–Trinajstić information content (AvgIpc) is 3.32. The number of carbonyl (C=O) groups excluding carboxylic acids is 1. The molecule has 1 aromatic carbocycles. The maximum Gasteiger partial charge on any atom is 0.422 e. The van der Waals surface area contributed by atoms with Gasteiger partial charge in [0.05, 0.1) is 24.0 Å². The van der Waals surface area contributed by atoms with Gasteiger partial charge in [0.25, 0.3) is 5.91 Å². The van der Waals surface area contributed by atoms with Crippen LogP contribution in [0.1, 0.15) is 27.2 Å². The third-order valence-corrected chi connectivity index (χ3v) is 5.96. The number of ether oxygens (including phenoxy) is 1. The number of pyridine rings is 1. The quantitative estimate of drug-likeness (QED) is 0.520. The predicted octanol–water partition coefficient (Wildman–Crippen LogP) is 3.55. The molecule has 33 heavy (non-hydrogen) atoms. The number of nitrogens with zero attached hydrogens (tertiary/aromatic N) is 4. The lowest BCUT2D eigenvalue weighted by atomic mass is 10.1. The molecular formula is C21H18F4N4O3S. The van der Waals surface area contributed by atoms with Gasteiger partial charge in [-0.2, -0.15) is 18.3 Å². The number of carbonyl (C=O) groups is 1. The summed E-state index contributed by atoms with van der Waals surface area (Å²) in [7, 11) is -1.44. The summed E-state index contributed by atoms with van der Waals surface area (Å²) in [6.45, 7) is 0.318. The number of aromatic nitrogens is 3. The zero-order chi connectivity index (χ0) is 23.9. The number of aryl methyl sites for hydroxylation is 1. The lowest BCUT2D eigenvalue weighted by Gasteiger charge is -2.19. The van der Waals surface area contributed by atoms with Crippen molar-refractivity contribution in [1.82, 2.24) is 19.7 Å². The maximum atomic E-state index is 13.5. The molecule has 4 rings (SSSR count). The van der Waals surface area contributed by atoms with E-state index in [0.717, 1.165) is 11.8 Å². The first kappa shape index (κ1) is 22.9. The molecule has 0 fully saturated rings. The van der Waals surface area contributed by atoms with Crippen molar-refractivity contribution >= 4 is 16.7 Å². The first-order valence-corrected chi connectivity index (χ1v) is 11.2. The highest BCUT2D eigenvalue weighted by atomic mass is 32.2. The van der Waals surface area contributed by atoms with E-state index in [4.69, 9.17) is 4.74 Å². The molecule has 174 valence electrons. The molecule has 1 amide bonds. The second-order valence-corrected chi connectivity index (χ2v) is 8.89. The molecule has 1 aliphatic heterocycles. The number of hydrogen-bond donors (Lipinski definition) is 0. The van der Waals surface area contributed by atoms with Crippen LogP contribution in [0.3, 0.4) is 0 Å². The Balaban J connectivity index is 1.57. The number of alkyl halides is 3. The van der Waals surface area contributed by atoms with Crippen LogP contribution in [0.2, 0.25) is 0 Å². The fraction of sp³-hybridized carbons (Fsp3) is 0.286. The van der Waals surface area contributed by atoms with E-state index in [2.05, 4.69) is 10.1 Å². The first-order valence-electron chi connectivity index (χ1n) is 9.68. The molecule has 0 N–H and O–H groups in total. The topological polar surface area (TPSA) is 77.3 Å². The predicted molar refractivity (Wildman–Crippen MR) is 110 cm³/mol. The smallest absolute Gasteiger partial charge is 0.422 e. The third kappa shape index (κ3) is 4.90. The van der Waals surface area contributed by atoms with Crippen LogP contribution < -0.4 is 4.74 Å². The normalized spacial score (nSPS) is 14.3. The van der Waals surface area contributed by atoms with Crippen molar-refractivity contribution in [1.29, 1.82) is 0 Å². The molecule has 0 saturated carbocycles. The van der Waals surface area contributed by atoms with Crippen LogP contribution in [0, 0.1) is 12.7 Å². The number of fused-ring (bicyclic) bond motifs is 1. The van der Waals surface area contributed by atoms with Crippen LogP contribution >= 0.6 is 0 Å². The molecule has 7 nitrogen and oxygen atoms in total. The second kappa shape index (κ2) is 8.58. The molecular weight excluding hydrogens is 464 g/mol. The number of hydrogen-bond acceptors (Lipinski definition) is 5. The van der Waals surface area contributed by atoms with Gasteiger partial charge in [0.15, 0.2) is 12.4 Å². The van der Waals surface area contributed by atoms with Crippen LogP contribution in [0.5, 0.6) is 5.75 Å². The number of rotatable bonds is 5. The van der Waals surface area contributed by atoms with Gasteiger partial charge in [0.1, 0.15) is 11.6 Å². The summed E-state index contributed by atoms with van der Waals surface area (Å²) in [5.74, 6) is -0.831. The summed E-state index contributed by atoms with van der Waals surface area (Å²) < 4.78 is 69.6. The summed E-state index contributed by atoms with van der Waals surface area (Å²) in [6, 6.07) is 5.40. The summed E-state index contributed by atoms with van der Waals surface area (Å²) in [5.41, 5.74) is 1.60. The van der Waals surface area contributed by atoms with E-state index in [1.165, 1.54) is 34.0 Å². The van der Waals surface area contributed by atoms with E-state index < -0.39 is 35.3 Å². The number of halogens is 4. The minimum atomic E-state index is -4.58. The SMILES string of the molecule is Cc1cc(-n2cc3c(n2)CN(C(=O)c2cc(S(C)=O)ccc2OCC(F)(F)F)C3)ncc1F. The van der Waals surface area contributed by atoms with Crippen molar-refractivity contribution < 1.29 is 31.3 Å². The monoisotopic (exact) mass is 482 g/mol. The Morgan fingerprint density at radius 1 is 1.24 bits per heavy atom. The van der Waals surface area contributed by atoms with Crippen LogP contribution in [-0.2, 0) is 23.9 Å². The highest BCUT2D eigenvalue weighted by Gasteiger charge is 2.32. The van der Waals surface area contributed by atoms with Gasteiger partial charge in [-0.3, -0.25) is 9.00 Å². The summed E-state index contributed by atoms with van der Waals surface area (Å²) in [5, 5.41) is 4.40. The first-order chi connectivity index (χ1) is 15.5. The van der Waals surface area contributed by atoms with E-state index in [-0.39, 0.29) is 29.3 Å². The van der Waals surface area contributed by atoms with Gasteiger partial charge in [-0.05, 0) is 36.8 Å². The Morgan fingerprint density at radius 3 is 2.64 bits per heavy atom. The lowest BCUT2D eigenvalue weighted by molar-refractivity contribution is -0.153. The zero-order valence-electron chi connectivity index (χ0n) is 17.5. The van der Waals surface area contributed by atoms with Crippen LogP contribution in [-0.4, -0.2) is 48.8 Å². The Labute approximate surface area is 188 Å². The van der Waals surface area contributed by atoms with Crippen molar-refractivity contribution in [3.63, 3.8) is 0 Å². The number of amides is 1. The highest BCUT2D eigenvalue weighted by molar-refractivity contribution is 7.84. The Kier molecular flexibility index (Phi) is 5.95. The molecule has 3 heterocycles. The van der Waals surface area contributed by atoms with Gasteiger partial charge in [-0.25, -0.2) is 14.1 Å². The standard InChI is InChI=1S/C21H18F4N4O3S/c1-12-5-19(26-7-16(12)22)29-9-13-8-28(10-17(13)27-29)20(30)15-6-14(33(2)31)3-4-18(15)32-11-21(23,24)25/h3-7,9H,8,10-11H2,1-2H3. The van der Waals surface area contributed by atoms with E-state index in [1.807, 2.05) is 0 Å². The van der Waals surface area contributed by atoms with Gasteiger partial charge in [0.2, 0.25) is 0 Å². The molecule has 2 aromatic heterocycles. The van der Waals surface area contributed by atoms with Crippen LogP contribution in [0.15, 0.2) is 41.6 Å². The lowest BCUT2D eigenvalue weighted by Crippen LogP contribution is -2.27. The van der Waals surface area contributed by atoms with E-state index in [1.54, 1.807) is 19.2 Å². The van der Waals surface area contributed by atoms with Gasteiger partial charge in [0, 0.05) is 40.3 Å². The van der Waals surface area contributed by atoms with E-state index in [9.17, 15) is 26.6 Å².